The second-order valence-corrected chi connectivity index (χ2v) is 5.73. The molecule has 0 radical (unpaired) electrons. The van der Waals surface area contributed by atoms with Crippen molar-refractivity contribution in [2.45, 2.75) is 44.8 Å². The maximum atomic E-state index is 12.5. The average molecular weight is 312 g/mol. The van der Waals surface area contributed by atoms with Gasteiger partial charge in [0.2, 0.25) is 0 Å². The molecule has 21 heavy (non-hydrogen) atoms. The third-order valence-corrected chi connectivity index (χ3v) is 4.02. The summed E-state index contributed by atoms with van der Waals surface area (Å²) in [6.45, 7) is 4.80. The van der Waals surface area contributed by atoms with E-state index in [0.29, 0.717) is 31.1 Å². The van der Waals surface area contributed by atoms with E-state index < -0.39 is 5.54 Å². The van der Waals surface area contributed by atoms with E-state index in [-0.39, 0.29) is 12.1 Å². The minimum absolute atomic E-state index is 0.0647. The number of nitrogens with one attached hydrogen (secondary N) is 1. The molecule has 1 aliphatic rings. The van der Waals surface area contributed by atoms with Crippen molar-refractivity contribution in [2.24, 2.45) is 0 Å². The van der Waals surface area contributed by atoms with Crippen LogP contribution in [0.2, 0.25) is 5.02 Å². The summed E-state index contributed by atoms with van der Waals surface area (Å²) in [5, 5.41) is 3.98. The van der Waals surface area contributed by atoms with Crippen LogP contribution < -0.4 is 5.32 Å². The van der Waals surface area contributed by atoms with Crippen molar-refractivity contribution < 1.29 is 14.3 Å². The zero-order chi connectivity index (χ0) is 15.3. The summed E-state index contributed by atoms with van der Waals surface area (Å²) < 4.78 is 11.0. The minimum Gasteiger partial charge on any atom is -0.464 e. The normalized spacial score (nSPS) is 25.4. The van der Waals surface area contributed by atoms with Crippen LogP contribution in [-0.4, -0.2) is 30.8 Å². The van der Waals surface area contributed by atoms with E-state index in [4.69, 9.17) is 21.1 Å². The number of benzene rings is 1. The summed E-state index contributed by atoms with van der Waals surface area (Å²) in [6.07, 6.45) is 2.14. The number of rotatable bonds is 5. The predicted octanol–water partition coefficient (Wildman–Crippen LogP) is 3.64. The van der Waals surface area contributed by atoms with Crippen molar-refractivity contribution in [3.8, 4) is 0 Å². The Morgan fingerprint density at radius 1 is 1.52 bits per heavy atom. The summed E-state index contributed by atoms with van der Waals surface area (Å²) in [6, 6.07) is 7.39. The Balaban J connectivity index is 2.25. The van der Waals surface area contributed by atoms with E-state index >= 15 is 0 Å². The molecule has 0 aromatic heterocycles. The monoisotopic (exact) mass is 311 g/mol. The first-order chi connectivity index (χ1) is 10.1. The summed E-state index contributed by atoms with van der Waals surface area (Å²) in [5.74, 6) is -0.216. The first-order valence-electron chi connectivity index (χ1n) is 7.42. The van der Waals surface area contributed by atoms with E-state index in [2.05, 4.69) is 12.2 Å². The fraction of sp³-hybridized carbons (Fsp3) is 0.562. The lowest BCUT2D eigenvalue weighted by Crippen LogP contribution is -2.53. The molecule has 1 aliphatic heterocycles. The molecule has 1 aromatic rings. The molecule has 0 bridgehead atoms. The van der Waals surface area contributed by atoms with E-state index in [0.717, 1.165) is 12.1 Å². The van der Waals surface area contributed by atoms with E-state index in [9.17, 15) is 4.79 Å². The SMILES string of the molecule is CCOC(=O)C1(Nc2cccc(Cl)c2)CCOC(CC)C1. The van der Waals surface area contributed by atoms with Crippen molar-refractivity contribution in [2.75, 3.05) is 18.5 Å². The molecule has 1 aromatic carbocycles. The van der Waals surface area contributed by atoms with Gasteiger partial charge >= 0.3 is 5.97 Å². The molecule has 2 rings (SSSR count). The molecule has 1 N–H and O–H groups in total. The van der Waals surface area contributed by atoms with Crippen LogP contribution in [0.25, 0.3) is 0 Å². The fourth-order valence-corrected chi connectivity index (χ4v) is 2.86. The zero-order valence-electron chi connectivity index (χ0n) is 12.5. The quantitative estimate of drug-likeness (QED) is 0.843. The van der Waals surface area contributed by atoms with Crippen LogP contribution in [0.1, 0.15) is 33.1 Å². The molecule has 0 spiro atoms. The number of ether oxygens (including phenoxy) is 2. The lowest BCUT2D eigenvalue weighted by Gasteiger charge is -2.39. The van der Waals surface area contributed by atoms with Gasteiger partial charge in [0.25, 0.3) is 0 Å². The molecule has 116 valence electrons. The Hall–Kier alpha value is -1.26. The second-order valence-electron chi connectivity index (χ2n) is 5.29. The highest BCUT2D eigenvalue weighted by atomic mass is 35.5. The summed E-state index contributed by atoms with van der Waals surface area (Å²) in [5.41, 5.74) is 0.0897. The highest BCUT2D eigenvalue weighted by Gasteiger charge is 2.44. The predicted molar refractivity (Wildman–Crippen MR) is 83.7 cm³/mol. The molecule has 1 saturated heterocycles. The number of anilines is 1. The van der Waals surface area contributed by atoms with Crippen LogP contribution in [0.4, 0.5) is 5.69 Å². The molecular formula is C16H22ClNO3. The Labute approximate surface area is 130 Å². The first kappa shape index (κ1) is 16.1. The third-order valence-electron chi connectivity index (χ3n) is 3.79. The molecule has 5 heteroatoms. The third kappa shape index (κ3) is 3.89. The standard InChI is InChI=1S/C16H22ClNO3/c1-3-14-11-16(8-9-21-14,15(19)20-4-2)18-13-7-5-6-12(17)10-13/h5-7,10,14,18H,3-4,8-9,11H2,1-2H3. The molecule has 1 fully saturated rings. The summed E-state index contributed by atoms with van der Waals surface area (Å²) in [4.78, 5) is 12.5. The summed E-state index contributed by atoms with van der Waals surface area (Å²) >= 11 is 6.02. The molecule has 2 unspecified atom stereocenters. The van der Waals surface area contributed by atoms with Crippen LogP contribution >= 0.6 is 11.6 Å². The molecule has 1 heterocycles. The van der Waals surface area contributed by atoms with Gasteiger partial charge in [0.1, 0.15) is 5.54 Å². The Kier molecular flexibility index (Phi) is 5.48. The topological polar surface area (TPSA) is 47.6 Å². The largest absolute Gasteiger partial charge is 0.464 e. The van der Waals surface area contributed by atoms with Gasteiger partial charge in [0.15, 0.2) is 0 Å². The highest BCUT2D eigenvalue weighted by Crippen LogP contribution is 2.32. The summed E-state index contributed by atoms with van der Waals surface area (Å²) in [7, 11) is 0. The number of carbonyl (C=O) groups excluding carboxylic acids is 1. The van der Waals surface area contributed by atoms with E-state index in [1.54, 1.807) is 0 Å². The van der Waals surface area contributed by atoms with Crippen LogP contribution in [0.5, 0.6) is 0 Å². The smallest absolute Gasteiger partial charge is 0.331 e. The van der Waals surface area contributed by atoms with Crippen molar-refractivity contribution in [1.82, 2.24) is 0 Å². The van der Waals surface area contributed by atoms with Crippen LogP contribution in [-0.2, 0) is 14.3 Å². The van der Waals surface area contributed by atoms with Gasteiger partial charge in [0.05, 0.1) is 12.7 Å². The lowest BCUT2D eigenvalue weighted by molar-refractivity contribution is -0.154. The molecule has 0 aliphatic carbocycles. The number of halogens is 1. The van der Waals surface area contributed by atoms with Crippen molar-refractivity contribution >= 4 is 23.3 Å². The van der Waals surface area contributed by atoms with Gasteiger partial charge in [-0.05, 0) is 31.5 Å². The van der Waals surface area contributed by atoms with Gasteiger partial charge in [-0.25, -0.2) is 4.79 Å². The maximum Gasteiger partial charge on any atom is 0.331 e. The number of hydrogen-bond donors (Lipinski definition) is 1. The highest BCUT2D eigenvalue weighted by molar-refractivity contribution is 6.30. The average Bonchev–Trinajstić information content (AvgIpc) is 2.47. The molecule has 0 saturated carbocycles. The fourth-order valence-electron chi connectivity index (χ4n) is 2.67. The van der Waals surface area contributed by atoms with Gasteiger partial charge in [0, 0.05) is 30.2 Å². The van der Waals surface area contributed by atoms with E-state index in [1.807, 2.05) is 31.2 Å². The second kappa shape index (κ2) is 7.14. The number of carbonyl (C=O) groups is 1. The first-order valence-corrected chi connectivity index (χ1v) is 7.80. The van der Waals surface area contributed by atoms with Crippen molar-refractivity contribution in [3.05, 3.63) is 29.3 Å². The van der Waals surface area contributed by atoms with Gasteiger partial charge < -0.3 is 14.8 Å². The zero-order valence-corrected chi connectivity index (χ0v) is 13.3. The van der Waals surface area contributed by atoms with Gasteiger partial charge in [-0.15, -0.1) is 0 Å². The minimum atomic E-state index is -0.736. The van der Waals surface area contributed by atoms with Crippen LogP contribution in [0.3, 0.4) is 0 Å². The van der Waals surface area contributed by atoms with Gasteiger partial charge in [-0.1, -0.05) is 24.6 Å². The Morgan fingerprint density at radius 2 is 2.33 bits per heavy atom. The Morgan fingerprint density at radius 3 is 3.00 bits per heavy atom. The maximum absolute atomic E-state index is 12.5. The van der Waals surface area contributed by atoms with Gasteiger partial charge in [-0.2, -0.15) is 0 Å². The van der Waals surface area contributed by atoms with Crippen molar-refractivity contribution in [1.29, 1.82) is 0 Å². The molecule has 0 amide bonds. The van der Waals surface area contributed by atoms with Gasteiger partial charge in [-0.3, -0.25) is 0 Å². The molecule has 4 nitrogen and oxygen atoms in total. The number of esters is 1. The molecule has 2 atom stereocenters. The Bertz CT molecular complexity index is 494. The number of hydrogen-bond acceptors (Lipinski definition) is 4. The van der Waals surface area contributed by atoms with Crippen LogP contribution in [0.15, 0.2) is 24.3 Å². The van der Waals surface area contributed by atoms with E-state index in [1.165, 1.54) is 0 Å². The lowest BCUT2D eigenvalue weighted by atomic mass is 9.85. The molecular weight excluding hydrogens is 290 g/mol. The van der Waals surface area contributed by atoms with Crippen LogP contribution in [0, 0.1) is 0 Å². The van der Waals surface area contributed by atoms with Crippen molar-refractivity contribution in [3.63, 3.8) is 0 Å².